The Bertz CT molecular complexity index is 497. The summed E-state index contributed by atoms with van der Waals surface area (Å²) in [5, 5.41) is 0. The molecule has 5 atom stereocenters. The van der Waals surface area contributed by atoms with E-state index in [9.17, 15) is 14.0 Å². The van der Waals surface area contributed by atoms with Gasteiger partial charge in [-0.2, -0.15) is 0 Å². The molecule has 2 saturated heterocycles. The van der Waals surface area contributed by atoms with Crippen molar-refractivity contribution in [3.05, 3.63) is 0 Å². The van der Waals surface area contributed by atoms with Gasteiger partial charge in [0, 0.05) is 17.9 Å². The first-order valence-electron chi connectivity index (χ1n) is 8.85. The zero-order chi connectivity index (χ0) is 16.9. The first-order chi connectivity index (χ1) is 10.7. The van der Waals surface area contributed by atoms with Crippen LogP contribution in [0.4, 0.5) is 9.18 Å². The van der Waals surface area contributed by atoms with Gasteiger partial charge in [-0.05, 0) is 52.9 Å². The summed E-state index contributed by atoms with van der Waals surface area (Å²) in [5.41, 5.74) is -0.615. The molecule has 2 aliphatic carbocycles. The van der Waals surface area contributed by atoms with Gasteiger partial charge in [0.05, 0.1) is 6.04 Å². The molecule has 0 aromatic carbocycles. The number of hydrogen-bond donors (Lipinski definition) is 0. The van der Waals surface area contributed by atoms with Crippen LogP contribution in [0, 0.1) is 17.8 Å². The van der Waals surface area contributed by atoms with Gasteiger partial charge < -0.3 is 4.74 Å². The van der Waals surface area contributed by atoms with E-state index in [4.69, 9.17) is 4.74 Å². The van der Waals surface area contributed by atoms with Crippen LogP contribution in [-0.2, 0) is 9.53 Å². The monoisotopic (exact) mass is 325 g/mol. The molecule has 0 aromatic rings. The minimum atomic E-state index is -0.970. The van der Waals surface area contributed by atoms with E-state index in [0.717, 1.165) is 12.8 Å². The molecule has 0 aromatic heterocycles. The average Bonchev–Trinajstić information content (AvgIpc) is 3.23. The SMILES string of the molecule is CC(=O)[C@@H]1[C@@H]2CC[C@@H]([C@@H](CC3CC3)[C@H]2F)N1C(=O)OC(C)(C)C. The number of ether oxygens (including phenoxy) is 1. The second kappa shape index (κ2) is 5.75. The van der Waals surface area contributed by atoms with E-state index in [2.05, 4.69) is 0 Å². The second-order valence-corrected chi connectivity index (χ2v) is 8.54. The lowest BCUT2D eigenvalue weighted by Crippen LogP contribution is -2.67. The Morgan fingerprint density at radius 1 is 1.17 bits per heavy atom. The summed E-state index contributed by atoms with van der Waals surface area (Å²) in [6.45, 7) is 6.91. The number of Topliss-reactive ketones (excluding diaryl/α,β-unsaturated/α-hetero) is 1. The van der Waals surface area contributed by atoms with Crippen molar-refractivity contribution in [1.82, 2.24) is 4.90 Å². The van der Waals surface area contributed by atoms with E-state index in [1.807, 2.05) is 20.8 Å². The predicted molar refractivity (Wildman–Crippen MR) is 84.8 cm³/mol. The maximum Gasteiger partial charge on any atom is 0.411 e. The number of rotatable bonds is 3. The third-order valence-electron chi connectivity index (χ3n) is 5.49. The van der Waals surface area contributed by atoms with Gasteiger partial charge in [-0.1, -0.05) is 12.8 Å². The summed E-state index contributed by atoms with van der Waals surface area (Å²) in [7, 11) is 0. The zero-order valence-electron chi connectivity index (χ0n) is 14.5. The Kier molecular flexibility index (Phi) is 4.18. The Morgan fingerprint density at radius 2 is 1.83 bits per heavy atom. The Hall–Kier alpha value is -1.13. The summed E-state index contributed by atoms with van der Waals surface area (Å²) >= 11 is 0. The van der Waals surface area contributed by atoms with Crippen LogP contribution in [0.2, 0.25) is 0 Å². The number of hydrogen-bond acceptors (Lipinski definition) is 3. The summed E-state index contributed by atoms with van der Waals surface area (Å²) < 4.78 is 20.5. The Balaban J connectivity index is 1.86. The number of ketones is 1. The van der Waals surface area contributed by atoms with Gasteiger partial charge in [0.1, 0.15) is 11.8 Å². The number of piperidine rings is 2. The fraction of sp³-hybridized carbons (Fsp3) is 0.889. The maximum atomic E-state index is 15.0. The molecule has 4 fully saturated rings. The molecule has 4 nitrogen and oxygen atoms in total. The number of carbonyl (C=O) groups excluding carboxylic acids is 2. The first kappa shape index (κ1) is 16.7. The van der Waals surface area contributed by atoms with Gasteiger partial charge in [0.2, 0.25) is 0 Å². The highest BCUT2D eigenvalue weighted by atomic mass is 19.1. The second-order valence-electron chi connectivity index (χ2n) is 8.54. The van der Waals surface area contributed by atoms with Gasteiger partial charge in [0.25, 0.3) is 0 Å². The molecule has 23 heavy (non-hydrogen) atoms. The minimum Gasteiger partial charge on any atom is -0.444 e. The molecule has 2 saturated carbocycles. The zero-order valence-corrected chi connectivity index (χ0v) is 14.5. The van der Waals surface area contributed by atoms with Crippen molar-refractivity contribution in [2.75, 3.05) is 0 Å². The quantitative estimate of drug-likeness (QED) is 0.794. The van der Waals surface area contributed by atoms with Crippen LogP contribution in [0.1, 0.15) is 59.8 Å². The third-order valence-corrected chi connectivity index (χ3v) is 5.49. The molecule has 0 unspecified atom stereocenters. The third kappa shape index (κ3) is 3.24. The highest BCUT2D eigenvalue weighted by Crippen LogP contribution is 2.50. The number of fused-ring (bicyclic) bond motifs is 3. The smallest absolute Gasteiger partial charge is 0.411 e. The van der Waals surface area contributed by atoms with Crippen LogP contribution in [0.15, 0.2) is 0 Å². The average molecular weight is 325 g/mol. The molecule has 2 aliphatic heterocycles. The summed E-state index contributed by atoms with van der Waals surface area (Å²) in [6, 6.07) is -0.853. The van der Waals surface area contributed by atoms with Gasteiger partial charge >= 0.3 is 6.09 Å². The van der Waals surface area contributed by atoms with Crippen LogP contribution in [0.25, 0.3) is 0 Å². The van der Waals surface area contributed by atoms with Gasteiger partial charge in [-0.3, -0.25) is 9.69 Å². The van der Waals surface area contributed by atoms with E-state index in [0.29, 0.717) is 12.3 Å². The number of carbonyl (C=O) groups is 2. The number of nitrogens with zero attached hydrogens (tertiary/aromatic N) is 1. The Morgan fingerprint density at radius 3 is 2.35 bits per heavy atom. The van der Waals surface area contributed by atoms with E-state index < -0.39 is 23.9 Å². The predicted octanol–water partition coefficient (Wildman–Crippen LogP) is 3.73. The standard InChI is InChI=1S/C18H28FNO3/c1-10(21)16-12-7-8-14(13(15(12)19)9-11-5-6-11)20(16)17(22)23-18(2,3)4/h11-16H,5-9H2,1-4H3/t12-,13-,14+,15+,16-/m1/s1. The fourth-order valence-electron chi connectivity index (χ4n) is 4.44. The lowest BCUT2D eigenvalue weighted by atomic mass is 9.65. The van der Waals surface area contributed by atoms with Crippen LogP contribution >= 0.6 is 0 Å². The van der Waals surface area contributed by atoms with Crippen molar-refractivity contribution in [2.45, 2.75) is 83.7 Å². The van der Waals surface area contributed by atoms with Crippen molar-refractivity contribution in [3.63, 3.8) is 0 Å². The Labute approximate surface area is 137 Å². The molecular weight excluding hydrogens is 297 g/mol. The number of halogens is 1. The summed E-state index contributed by atoms with van der Waals surface area (Å²) in [6.07, 6.45) is 3.22. The fourth-order valence-corrected chi connectivity index (χ4v) is 4.44. The molecule has 0 radical (unpaired) electrons. The van der Waals surface area contributed by atoms with Crippen LogP contribution < -0.4 is 0 Å². The molecule has 5 heteroatoms. The van der Waals surface area contributed by atoms with Gasteiger partial charge in [-0.25, -0.2) is 9.18 Å². The molecule has 0 N–H and O–H groups in total. The molecule has 2 bridgehead atoms. The highest BCUT2D eigenvalue weighted by molar-refractivity contribution is 5.86. The number of amides is 1. The largest absolute Gasteiger partial charge is 0.444 e. The molecular formula is C18H28FNO3. The number of alkyl halides is 1. The molecule has 4 rings (SSSR count). The lowest BCUT2D eigenvalue weighted by molar-refractivity contribution is -0.143. The van der Waals surface area contributed by atoms with Crippen molar-refractivity contribution >= 4 is 11.9 Å². The molecule has 4 aliphatic rings. The van der Waals surface area contributed by atoms with E-state index in [1.54, 1.807) is 4.90 Å². The lowest BCUT2D eigenvalue weighted by Gasteiger charge is -2.55. The highest BCUT2D eigenvalue weighted by Gasteiger charge is 2.57. The van der Waals surface area contributed by atoms with E-state index >= 15 is 0 Å². The molecule has 1 amide bonds. The topological polar surface area (TPSA) is 46.6 Å². The van der Waals surface area contributed by atoms with Crippen LogP contribution in [0.3, 0.4) is 0 Å². The normalized spacial score (nSPS) is 36.9. The van der Waals surface area contributed by atoms with Crippen molar-refractivity contribution in [1.29, 1.82) is 0 Å². The van der Waals surface area contributed by atoms with Gasteiger partial charge in [-0.15, -0.1) is 0 Å². The molecule has 0 spiro atoms. The van der Waals surface area contributed by atoms with Crippen molar-refractivity contribution in [3.8, 4) is 0 Å². The summed E-state index contributed by atoms with van der Waals surface area (Å²) in [5.74, 6) is -0.0231. The summed E-state index contributed by atoms with van der Waals surface area (Å²) in [4.78, 5) is 26.4. The van der Waals surface area contributed by atoms with Crippen molar-refractivity contribution < 1.29 is 18.7 Å². The van der Waals surface area contributed by atoms with E-state index in [1.165, 1.54) is 19.8 Å². The maximum absolute atomic E-state index is 15.0. The van der Waals surface area contributed by atoms with Gasteiger partial charge in [0.15, 0.2) is 5.78 Å². The minimum absolute atomic E-state index is 0.127. The first-order valence-corrected chi connectivity index (χ1v) is 8.85. The molecule has 130 valence electrons. The van der Waals surface area contributed by atoms with E-state index in [-0.39, 0.29) is 23.7 Å². The van der Waals surface area contributed by atoms with Crippen molar-refractivity contribution in [2.24, 2.45) is 17.8 Å². The molecule has 2 heterocycles. The van der Waals surface area contributed by atoms with Crippen LogP contribution in [-0.4, -0.2) is 40.6 Å². The van der Waals surface area contributed by atoms with Crippen LogP contribution in [0.5, 0.6) is 0 Å².